The summed E-state index contributed by atoms with van der Waals surface area (Å²) in [6.07, 6.45) is 3.29. The van der Waals surface area contributed by atoms with Crippen LogP contribution in [-0.2, 0) is 59.1 Å². The first-order chi connectivity index (χ1) is 17.3. The number of hydrogen-bond acceptors (Lipinski definition) is 8. The molecule has 2 aromatic rings. The highest BCUT2D eigenvalue weighted by atomic mass is 32.2. The van der Waals surface area contributed by atoms with Crippen molar-refractivity contribution in [1.82, 2.24) is 0 Å². The van der Waals surface area contributed by atoms with E-state index in [2.05, 4.69) is 0 Å². The van der Waals surface area contributed by atoms with Crippen LogP contribution in [0.2, 0.25) is 0 Å². The molecule has 0 saturated heterocycles. The normalized spacial score (nSPS) is 19.6. The lowest BCUT2D eigenvalue weighted by molar-refractivity contribution is 0.215. The van der Waals surface area contributed by atoms with Gasteiger partial charge in [-0.1, -0.05) is 58.0 Å². The minimum Gasteiger partial charge on any atom is -0.401 e. The Bertz CT molecular complexity index is 1350. The van der Waals surface area contributed by atoms with Crippen LogP contribution >= 0.6 is 0 Å². The van der Waals surface area contributed by atoms with Crippen molar-refractivity contribution >= 4 is 60.7 Å². The average molecular weight is 573 g/mol. The first kappa shape index (κ1) is 27.2. The molecular formula is C24H28O8S4. The van der Waals surface area contributed by atoms with Crippen molar-refractivity contribution in [3.05, 3.63) is 52.8 Å². The van der Waals surface area contributed by atoms with Crippen LogP contribution in [0.1, 0.15) is 50.5 Å². The fourth-order valence-corrected chi connectivity index (χ4v) is 6.12. The standard InChI is InChI=1S/C24H28O8S4/c1-5-33(25)29-21-15-11-9-13-17-19(15)20-16(22(21)30-34(26)6-2)12-10-14-18(20)24(32-36(28)8-4)23(17)31-35(27)7-3/h9-13,21H,5-8,14H2,1-4H3. The second kappa shape index (κ2) is 11.7. The lowest BCUT2D eigenvalue weighted by Gasteiger charge is -2.32. The van der Waals surface area contributed by atoms with Gasteiger partial charge in [0, 0.05) is 33.2 Å². The largest absolute Gasteiger partial charge is 0.401 e. The van der Waals surface area contributed by atoms with Crippen LogP contribution in [0.5, 0.6) is 11.5 Å². The zero-order valence-electron chi connectivity index (χ0n) is 20.4. The maximum Gasteiger partial charge on any atom is 0.206 e. The molecule has 2 aliphatic rings. The molecule has 0 saturated carbocycles. The first-order valence-corrected chi connectivity index (χ1v) is 16.6. The Labute approximate surface area is 221 Å². The average Bonchev–Trinajstić information content (AvgIpc) is 2.90. The van der Waals surface area contributed by atoms with Gasteiger partial charge >= 0.3 is 0 Å². The summed E-state index contributed by atoms with van der Waals surface area (Å²) in [5.74, 6) is 1.81. The smallest absolute Gasteiger partial charge is 0.206 e. The summed E-state index contributed by atoms with van der Waals surface area (Å²) in [5, 5.41) is 1.34. The van der Waals surface area contributed by atoms with Gasteiger partial charge in [0.25, 0.3) is 0 Å². The number of benzene rings is 2. The van der Waals surface area contributed by atoms with E-state index in [1.54, 1.807) is 33.8 Å². The van der Waals surface area contributed by atoms with Gasteiger partial charge in [-0.25, -0.2) is 16.8 Å². The third-order valence-corrected chi connectivity index (χ3v) is 9.08. The lowest BCUT2D eigenvalue weighted by atomic mass is 9.79. The summed E-state index contributed by atoms with van der Waals surface area (Å²) in [4.78, 5) is 0. The third-order valence-electron chi connectivity index (χ3n) is 5.72. The van der Waals surface area contributed by atoms with E-state index in [4.69, 9.17) is 16.7 Å². The van der Waals surface area contributed by atoms with E-state index < -0.39 is 50.4 Å². The van der Waals surface area contributed by atoms with Crippen LogP contribution in [0.15, 0.2) is 36.1 Å². The van der Waals surface area contributed by atoms with Crippen LogP contribution in [0.25, 0.3) is 16.3 Å². The monoisotopic (exact) mass is 572 g/mol. The second-order valence-electron chi connectivity index (χ2n) is 7.76. The molecule has 196 valence electrons. The molecule has 0 N–H and O–H groups in total. The van der Waals surface area contributed by atoms with Crippen LogP contribution in [0.3, 0.4) is 0 Å². The highest BCUT2D eigenvalue weighted by Gasteiger charge is 2.38. The van der Waals surface area contributed by atoms with Crippen molar-refractivity contribution < 1.29 is 33.6 Å². The van der Waals surface area contributed by atoms with Crippen molar-refractivity contribution in [3.8, 4) is 11.5 Å². The molecule has 0 aliphatic heterocycles. The Morgan fingerprint density at radius 1 is 0.806 bits per heavy atom. The minimum absolute atomic E-state index is 0.235. The topological polar surface area (TPSA) is 105 Å². The van der Waals surface area contributed by atoms with Gasteiger partial charge < -0.3 is 12.5 Å². The van der Waals surface area contributed by atoms with E-state index in [-0.39, 0.29) is 34.5 Å². The van der Waals surface area contributed by atoms with E-state index >= 15 is 0 Å². The summed E-state index contributed by atoms with van der Waals surface area (Å²) in [5.41, 5.74) is 2.72. The minimum atomic E-state index is -1.65. The molecule has 0 heterocycles. The predicted molar refractivity (Wildman–Crippen MR) is 145 cm³/mol. The van der Waals surface area contributed by atoms with Crippen LogP contribution in [0.4, 0.5) is 0 Å². The van der Waals surface area contributed by atoms with Crippen molar-refractivity contribution in [1.29, 1.82) is 0 Å². The highest BCUT2D eigenvalue weighted by Crippen LogP contribution is 2.54. The molecular weight excluding hydrogens is 545 g/mol. The Hall–Kier alpha value is -1.86. The van der Waals surface area contributed by atoms with Gasteiger partial charge in [0.15, 0.2) is 34.4 Å². The molecule has 4 rings (SSSR count). The van der Waals surface area contributed by atoms with E-state index in [1.165, 1.54) is 0 Å². The third kappa shape index (κ3) is 5.10. The van der Waals surface area contributed by atoms with Gasteiger partial charge in [0.05, 0.1) is 17.3 Å². The quantitative estimate of drug-likeness (QED) is 0.372. The van der Waals surface area contributed by atoms with Crippen molar-refractivity contribution in [2.24, 2.45) is 0 Å². The molecule has 0 radical (unpaired) electrons. The maximum atomic E-state index is 12.5. The number of rotatable bonds is 12. The highest BCUT2D eigenvalue weighted by molar-refractivity contribution is 7.81. The fourth-order valence-electron chi connectivity index (χ4n) is 4.13. The summed E-state index contributed by atoms with van der Waals surface area (Å²) in [6, 6.07) is 5.41. The molecule has 0 fully saturated rings. The Morgan fingerprint density at radius 2 is 1.42 bits per heavy atom. The number of hydrogen-bond donors (Lipinski definition) is 0. The maximum absolute atomic E-state index is 12.5. The van der Waals surface area contributed by atoms with Gasteiger partial charge in [-0.05, 0) is 12.0 Å². The van der Waals surface area contributed by atoms with Crippen molar-refractivity contribution in [2.45, 2.75) is 40.2 Å². The zero-order chi connectivity index (χ0) is 26.0. The van der Waals surface area contributed by atoms with Crippen LogP contribution in [0, 0.1) is 0 Å². The Kier molecular flexibility index (Phi) is 8.82. The van der Waals surface area contributed by atoms with Gasteiger partial charge in [-0.2, -0.15) is 0 Å². The van der Waals surface area contributed by atoms with Crippen LogP contribution in [-0.4, -0.2) is 39.8 Å². The molecule has 0 spiro atoms. The molecule has 0 amide bonds. The molecule has 0 bridgehead atoms. The van der Waals surface area contributed by atoms with Gasteiger partial charge in [-0.15, -0.1) is 0 Å². The molecule has 5 atom stereocenters. The van der Waals surface area contributed by atoms with Gasteiger partial charge in [0.1, 0.15) is 0 Å². The molecule has 2 aromatic carbocycles. The first-order valence-electron chi connectivity index (χ1n) is 11.6. The summed E-state index contributed by atoms with van der Waals surface area (Å²) in [6.45, 7) is 6.96. The predicted octanol–water partition coefficient (Wildman–Crippen LogP) is 4.24. The van der Waals surface area contributed by atoms with E-state index in [0.29, 0.717) is 34.3 Å². The Balaban J connectivity index is 2.10. The molecule has 36 heavy (non-hydrogen) atoms. The number of allylic oxidation sites excluding steroid dienone is 3. The van der Waals surface area contributed by atoms with Crippen molar-refractivity contribution in [3.63, 3.8) is 0 Å². The molecule has 8 nitrogen and oxygen atoms in total. The molecule has 5 unspecified atom stereocenters. The SMILES string of the molecule is CCS(=O)OC1=C2C=CCc3c(OS(=O)CC)c(OS(=O)CC)c4cccc(c4c32)C1OS(=O)CC. The Morgan fingerprint density at radius 3 is 2.06 bits per heavy atom. The summed E-state index contributed by atoms with van der Waals surface area (Å²) >= 11 is -6.55. The molecule has 2 aliphatic carbocycles. The molecule has 0 aromatic heterocycles. The second-order valence-corrected chi connectivity index (χ2v) is 13.2. The van der Waals surface area contributed by atoms with E-state index in [0.717, 1.165) is 10.9 Å². The van der Waals surface area contributed by atoms with Crippen molar-refractivity contribution in [2.75, 3.05) is 23.0 Å². The summed E-state index contributed by atoms with van der Waals surface area (Å²) in [7, 11) is 0. The van der Waals surface area contributed by atoms with E-state index in [1.807, 2.05) is 24.3 Å². The molecule has 12 heteroatoms. The lowest BCUT2D eigenvalue weighted by Crippen LogP contribution is -2.21. The summed E-state index contributed by atoms with van der Waals surface area (Å²) < 4.78 is 73.7. The van der Waals surface area contributed by atoms with Crippen LogP contribution < -0.4 is 8.37 Å². The van der Waals surface area contributed by atoms with Gasteiger partial charge in [-0.3, -0.25) is 4.18 Å². The fraction of sp³-hybridized carbons (Fsp3) is 0.417. The van der Waals surface area contributed by atoms with Gasteiger partial charge in [0.2, 0.25) is 33.2 Å². The zero-order valence-corrected chi connectivity index (χ0v) is 23.7. The van der Waals surface area contributed by atoms with E-state index in [9.17, 15) is 16.8 Å².